The van der Waals surface area contributed by atoms with Crippen molar-refractivity contribution in [2.24, 2.45) is 5.41 Å². The normalized spacial score (nSPS) is 31.9. The molecular weight excluding hydrogens is 443 g/mol. The number of hydrogen-bond donors (Lipinski definition) is 0. The molecule has 5 rings (SSSR count). The summed E-state index contributed by atoms with van der Waals surface area (Å²) in [5, 5.41) is 0. The Morgan fingerprint density at radius 1 is 0.941 bits per heavy atom. The van der Waals surface area contributed by atoms with E-state index in [0.29, 0.717) is 25.7 Å². The predicted octanol–water partition coefficient (Wildman–Crippen LogP) is 2.49. The Hall–Kier alpha value is -3.30. The van der Waals surface area contributed by atoms with Gasteiger partial charge in [-0.15, -0.1) is 0 Å². The smallest absolute Gasteiger partial charge is 0.313 e. The summed E-state index contributed by atoms with van der Waals surface area (Å²) >= 11 is 0. The average molecular weight is 471 g/mol. The van der Waals surface area contributed by atoms with E-state index in [-0.39, 0.29) is 35.5 Å². The molecule has 0 unspecified atom stereocenters. The van der Waals surface area contributed by atoms with E-state index in [4.69, 9.17) is 0 Å². The van der Waals surface area contributed by atoms with Crippen molar-refractivity contribution in [1.82, 2.24) is 19.6 Å². The number of amides is 7. The number of imide groups is 3. The Morgan fingerprint density at radius 2 is 1.59 bits per heavy atom. The van der Waals surface area contributed by atoms with E-state index < -0.39 is 35.6 Å². The highest BCUT2D eigenvalue weighted by molar-refractivity contribution is 6.14. The zero-order chi connectivity index (χ0) is 24.4. The number of carbonyl (C=O) groups excluding carboxylic acids is 5. The van der Waals surface area contributed by atoms with Crippen LogP contribution in [-0.2, 0) is 20.9 Å². The minimum atomic E-state index is -0.779. The standard InChI is InChI=1S/C24H27FN4O5/c1-26-20(32)24(27(2)21(26)33)13-23(14-24)9-7-16(8-10-23)29-19(31)11-18(30)28(22(29)34)12-15-5-3-4-6-17(15)25/h3-6,16H,7-14H2,1-2H3. The van der Waals surface area contributed by atoms with Gasteiger partial charge in [-0.1, -0.05) is 18.2 Å². The van der Waals surface area contributed by atoms with Crippen LogP contribution >= 0.6 is 0 Å². The van der Waals surface area contributed by atoms with Crippen molar-refractivity contribution in [2.75, 3.05) is 14.1 Å². The van der Waals surface area contributed by atoms with Gasteiger partial charge in [-0.3, -0.25) is 29.1 Å². The van der Waals surface area contributed by atoms with E-state index in [1.54, 1.807) is 13.1 Å². The van der Waals surface area contributed by atoms with Gasteiger partial charge in [-0.25, -0.2) is 14.0 Å². The van der Waals surface area contributed by atoms with Gasteiger partial charge in [-0.05, 0) is 50.0 Å². The maximum absolute atomic E-state index is 14.1. The molecule has 2 saturated heterocycles. The highest BCUT2D eigenvalue weighted by Gasteiger charge is 2.67. The van der Waals surface area contributed by atoms with Gasteiger partial charge < -0.3 is 4.90 Å². The van der Waals surface area contributed by atoms with Crippen LogP contribution in [0.2, 0.25) is 0 Å². The lowest BCUT2D eigenvalue weighted by molar-refractivity contribution is -0.150. The number of likely N-dealkylation sites (N-methyl/N-ethyl adjacent to an activating group) is 2. The highest BCUT2D eigenvalue weighted by atomic mass is 19.1. The molecule has 2 saturated carbocycles. The molecule has 2 heterocycles. The second-order valence-corrected chi connectivity index (χ2v) is 10.1. The second kappa shape index (κ2) is 7.61. The van der Waals surface area contributed by atoms with Gasteiger partial charge in [0, 0.05) is 25.7 Å². The van der Waals surface area contributed by atoms with Crippen LogP contribution in [0, 0.1) is 11.2 Å². The van der Waals surface area contributed by atoms with E-state index in [2.05, 4.69) is 0 Å². The molecule has 1 aromatic rings. The maximum atomic E-state index is 14.1. The molecule has 34 heavy (non-hydrogen) atoms. The van der Waals surface area contributed by atoms with Gasteiger partial charge in [-0.2, -0.15) is 0 Å². The summed E-state index contributed by atoms with van der Waals surface area (Å²) in [5.41, 5.74) is -0.666. The van der Waals surface area contributed by atoms with Crippen LogP contribution in [0.25, 0.3) is 0 Å². The fourth-order valence-electron chi connectivity index (χ4n) is 6.32. The molecule has 2 spiro atoms. The summed E-state index contributed by atoms with van der Waals surface area (Å²) in [6, 6.07) is 4.59. The SMILES string of the molecule is CN1C(=O)N(C)C2(CC3(CCC(N4C(=O)CC(=O)N(Cc5ccccc5F)C4=O)CC3)C2)C1=O. The Morgan fingerprint density at radius 3 is 2.18 bits per heavy atom. The van der Waals surface area contributed by atoms with Crippen LogP contribution in [0.3, 0.4) is 0 Å². The van der Waals surface area contributed by atoms with Crippen molar-refractivity contribution >= 4 is 29.8 Å². The van der Waals surface area contributed by atoms with Crippen LogP contribution in [0.5, 0.6) is 0 Å². The van der Waals surface area contributed by atoms with Crippen LogP contribution in [0.15, 0.2) is 24.3 Å². The molecule has 10 heteroatoms. The third kappa shape index (κ3) is 3.14. The maximum Gasteiger partial charge on any atom is 0.333 e. The predicted molar refractivity (Wildman–Crippen MR) is 116 cm³/mol. The Bertz CT molecular complexity index is 1100. The first-order chi connectivity index (χ1) is 16.1. The van der Waals surface area contributed by atoms with E-state index in [9.17, 15) is 28.4 Å². The molecule has 1 aromatic carbocycles. The first kappa shape index (κ1) is 22.5. The van der Waals surface area contributed by atoms with Gasteiger partial charge in [0.05, 0.1) is 6.54 Å². The number of benzene rings is 1. The largest absolute Gasteiger partial charge is 0.333 e. The molecule has 0 bridgehead atoms. The van der Waals surface area contributed by atoms with E-state index in [1.165, 1.54) is 39.9 Å². The Kier molecular flexibility index (Phi) is 5.03. The third-order valence-corrected chi connectivity index (χ3v) is 8.23. The summed E-state index contributed by atoms with van der Waals surface area (Å²) in [6.07, 6.45) is 3.32. The summed E-state index contributed by atoms with van der Waals surface area (Å²) in [5.74, 6) is -1.83. The van der Waals surface area contributed by atoms with Crippen molar-refractivity contribution in [1.29, 1.82) is 0 Å². The fraction of sp³-hybridized carbons (Fsp3) is 0.542. The first-order valence-corrected chi connectivity index (χ1v) is 11.5. The number of nitrogens with zero attached hydrogens (tertiary/aromatic N) is 4. The van der Waals surface area contributed by atoms with E-state index >= 15 is 0 Å². The Labute approximate surface area is 196 Å². The van der Waals surface area contributed by atoms with Crippen molar-refractivity contribution in [3.05, 3.63) is 35.6 Å². The quantitative estimate of drug-likeness (QED) is 0.499. The van der Waals surface area contributed by atoms with Crippen molar-refractivity contribution in [2.45, 2.75) is 63.1 Å². The van der Waals surface area contributed by atoms with Crippen LogP contribution in [-0.4, -0.2) is 75.1 Å². The minimum absolute atomic E-state index is 0.101. The summed E-state index contributed by atoms with van der Waals surface area (Å²) in [7, 11) is 3.16. The number of rotatable bonds is 3. The molecule has 0 N–H and O–H groups in total. The molecule has 2 aliphatic carbocycles. The zero-order valence-electron chi connectivity index (χ0n) is 19.3. The van der Waals surface area contributed by atoms with E-state index in [1.807, 2.05) is 0 Å². The van der Waals surface area contributed by atoms with Crippen LogP contribution < -0.4 is 0 Å². The van der Waals surface area contributed by atoms with Gasteiger partial charge in [0.1, 0.15) is 17.8 Å². The highest BCUT2D eigenvalue weighted by Crippen LogP contribution is 2.61. The van der Waals surface area contributed by atoms with E-state index in [0.717, 1.165) is 17.7 Å². The average Bonchev–Trinajstić information content (AvgIpc) is 2.94. The monoisotopic (exact) mass is 470 g/mol. The molecule has 0 aromatic heterocycles. The van der Waals surface area contributed by atoms with Crippen LogP contribution in [0.1, 0.15) is 50.5 Å². The number of hydrogen-bond acceptors (Lipinski definition) is 5. The molecule has 4 fully saturated rings. The van der Waals surface area contributed by atoms with Crippen molar-refractivity contribution in [3.8, 4) is 0 Å². The number of halogens is 1. The summed E-state index contributed by atoms with van der Waals surface area (Å²) < 4.78 is 14.1. The van der Waals surface area contributed by atoms with Gasteiger partial charge >= 0.3 is 12.1 Å². The molecule has 180 valence electrons. The van der Waals surface area contributed by atoms with Crippen molar-refractivity contribution in [3.63, 3.8) is 0 Å². The molecule has 7 amide bonds. The lowest BCUT2D eigenvalue weighted by Gasteiger charge is -2.58. The zero-order valence-corrected chi connectivity index (χ0v) is 19.3. The first-order valence-electron chi connectivity index (χ1n) is 11.5. The third-order valence-electron chi connectivity index (χ3n) is 8.23. The number of barbiturate groups is 1. The topological polar surface area (TPSA) is 98.3 Å². The van der Waals surface area contributed by atoms with Gasteiger partial charge in [0.15, 0.2) is 0 Å². The molecular formula is C24H27FN4O5. The second-order valence-electron chi connectivity index (χ2n) is 10.1. The lowest BCUT2D eigenvalue weighted by Crippen LogP contribution is -2.64. The molecule has 0 atom stereocenters. The van der Waals surface area contributed by atoms with Crippen molar-refractivity contribution < 1.29 is 28.4 Å². The van der Waals surface area contributed by atoms with Crippen LogP contribution in [0.4, 0.5) is 14.0 Å². The lowest BCUT2D eigenvalue weighted by atomic mass is 9.51. The van der Waals surface area contributed by atoms with Gasteiger partial charge in [0.2, 0.25) is 11.8 Å². The minimum Gasteiger partial charge on any atom is -0.313 e. The molecule has 9 nitrogen and oxygen atoms in total. The number of urea groups is 2. The van der Waals surface area contributed by atoms with Gasteiger partial charge in [0.25, 0.3) is 5.91 Å². The Balaban J connectivity index is 1.27. The molecule has 0 radical (unpaired) electrons. The molecule has 4 aliphatic rings. The summed E-state index contributed by atoms with van der Waals surface area (Å²) in [6.45, 7) is -0.219. The summed E-state index contributed by atoms with van der Waals surface area (Å²) in [4.78, 5) is 68.0. The molecule has 2 aliphatic heterocycles. The number of carbonyl (C=O) groups is 5. The fourth-order valence-corrected chi connectivity index (χ4v) is 6.32.